The van der Waals surface area contributed by atoms with Crippen LogP contribution in [0.3, 0.4) is 0 Å². The molecule has 37 nitrogen and oxygen atoms in total. The van der Waals surface area contributed by atoms with Crippen LogP contribution >= 0.6 is 0 Å². The number of rotatable bonds is 32. The Balaban J connectivity index is 0.000000190. The SMILES string of the molecule is CCC[C@H](NC(=O)[C@@H]1C[C@@H](Oc2cc(-n3cccn3)nc3cc(OC)ccc23)CN1C(=O)OC(C)(C)C)[C@H](O)C(=O)NC1CC1.CCC[C@H](NC(=O)[C@@H]1C[C@@H](Oc2cc(-n3cccn3)nc3cc(OC)ccc23)C[NH2+]1)[C@H](O)C(=O)NC1CC1.CCC[C@H]([NH3+])[C@H](O)C(=O)NC1CC1.COc1ccc2c(O[C@@H]3C[C@@H](C=O)N(C(=O)OC(C)(C)C)C3)cc(-n3cccn3)nc2c1.[Cl-].[Cl-]. The van der Waals surface area contributed by atoms with Gasteiger partial charge in [-0.1, -0.05) is 40.0 Å². The van der Waals surface area contributed by atoms with E-state index in [0.29, 0.717) is 113 Å². The Hall–Kier alpha value is -11.7. The molecule has 13 N–H and O–H groups in total. The number of aliphatic hydroxyl groups is 3. The second kappa shape index (κ2) is 45.7. The molecule has 0 bridgehead atoms. The molecule has 0 spiro atoms. The first kappa shape index (κ1) is 100. The minimum absolute atomic E-state index is 0. The van der Waals surface area contributed by atoms with Crippen LogP contribution in [0.2, 0.25) is 0 Å². The average molecular weight is 1840 g/mol. The number of aromatic nitrogens is 9. The molecule has 3 aliphatic carbocycles. The molecule has 130 heavy (non-hydrogen) atoms. The lowest BCUT2D eigenvalue weighted by molar-refractivity contribution is -0.659. The molecule has 3 saturated carbocycles. The first-order valence-electron chi connectivity index (χ1n) is 44.0. The summed E-state index contributed by atoms with van der Waals surface area (Å²) < 4.78 is 51.4. The molecular weight excluding hydrogens is 1720 g/mol. The Morgan fingerprint density at radius 1 is 0.500 bits per heavy atom. The Bertz CT molecular complexity index is 5290. The number of nitrogens with two attached hydrogens (primary N) is 1. The van der Waals surface area contributed by atoms with Gasteiger partial charge in [0, 0.05) is 127 Å². The molecule has 6 aromatic heterocycles. The molecule has 9 heterocycles. The lowest BCUT2D eigenvalue weighted by Crippen LogP contribution is -3.00. The van der Waals surface area contributed by atoms with Crippen molar-refractivity contribution < 1.29 is 127 Å². The maximum Gasteiger partial charge on any atom is 0.411 e. The number of quaternary nitrogens is 2. The number of fused-ring (bicyclic) bond motifs is 3. The molecule has 704 valence electrons. The fourth-order valence-electron chi connectivity index (χ4n) is 15.1. The zero-order chi connectivity index (χ0) is 91.7. The summed E-state index contributed by atoms with van der Waals surface area (Å²) in [5.74, 6) is 3.56. The summed E-state index contributed by atoms with van der Waals surface area (Å²) in [6.07, 6.45) is 15.9. The van der Waals surface area contributed by atoms with Crippen molar-refractivity contribution >= 4 is 80.7 Å². The smallest absolute Gasteiger partial charge is 0.411 e. The lowest BCUT2D eigenvalue weighted by atomic mass is 10.0. The van der Waals surface area contributed by atoms with E-state index in [1.54, 1.807) is 138 Å². The minimum Gasteiger partial charge on any atom is -1.00 e. The van der Waals surface area contributed by atoms with Gasteiger partial charge in [0.2, 0.25) is 5.91 Å². The summed E-state index contributed by atoms with van der Waals surface area (Å²) in [7, 11) is 4.78. The number of halogens is 2. The van der Waals surface area contributed by atoms with E-state index < -0.39 is 89.7 Å². The highest BCUT2D eigenvalue weighted by Gasteiger charge is 2.46. The molecule has 6 fully saturated rings. The molecule has 9 aromatic rings. The maximum atomic E-state index is 13.8. The number of amides is 7. The second-order valence-corrected chi connectivity index (χ2v) is 35.0. The number of nitrogens with one attached hydrogen (secondary N) is 5. The predicted molar refractivity (Wildman–Crippen MR) is 470 cm³/mol. The van der Waals surface area contributed by atoms with Crippen LogP contribution in [0.15, 0.2) is 128 Å². The number of aldehydes is 1. The van der Waals surface area contributed by atoms with E-state index in [2.05, 4.69) is 52.6 Å². The standard InChI is InChI=1S/C32H42N6O7.C27H34N6O5.C23H26N4O5.C9H18N2O2.2ClH/c1-6-8-23(28(39)30(41)34-19-9-10-19)36-29(40)25-16-21(18-37(25)31(42)45-32(2,3)4)44-26-17-27(38-14-7-13-33-38)35-24-15-20(43-5)11-12-22(24)26;1-3-5-20(25(34)27(36)30-16-6-7-16)32-26(35)22-13-18(15-28-22)38-23-14-24(33-11-4-10-29-33)31-21-12-17(37-2)8-9-19(21)23;1-23(2,3)32-22(29)26-13-17(10-15(26)14-28)31-20-12-21(27-9-5-8-24-27)25-19-11-16(30-4)6-7-18(19)20;1-2-3-7(10)8(12)9(13)11-6-4-5-6;;/h7,11-15,17,19,21,23,25,28,39H,6,8-10,16,18H2,1-5H3,(H,34,41)(H,36,40);4,8-12,14,16,18,20,22,25,28,34H,3,5-7,13,15H2,1-2H3,(H,30,36)(H,32,35);5-9,11-12,14-15,17H,10,13H2,1-4H3;6-8,12H,2-5,10H2,1H3,(H,11,13);2*1H/t21-,23+,25+,28+;18-,20+,22+,25+;15-,17+;7-,8-;;/m1100../s1. The number of carbonyl (C=O) groups excluding carboxylic acids is 8. The van der Waals surface area contributed by atoms with Gasteiger partial charge in [-0.15, -0.1) is 0 Å². The van der Waals surface area contributed by atoms with Crippen LogP contribution in [-0.2, 0) is 38.2 Å². The molecule has 3 saturated heterocycles. The summed E-state index contributed by atoms with van der Waals surface area (Å²) in [5, 5.41) is 62.2. The number of pyridine rings is 3. The normalized spacial score (nSPS) is 19.4. The van der Waals surface area contributed by atoms with Gasteiger partial charge in [0.25, 0.3) is 23.6 Å². The number of likely N-dealkylation sites (tertiary alicyclic amines) is 2. The summed E-state index contributed by atoms with van der Waals surface area (Å²) in [4.78, 5) is 118. The topological polar surface area (TPSA) is 474 Å². The Kier molecular flexibility index (Phi) is 35.3. The van der Waals surface area contributed by atoms with Crippen LogP contribution in [0.1, 0.15) is 159 Å². The van der Waals surface area contributed by atoms with Gasteiger partial charge in [0.1, 0.15) is 82.8 Å². The Labute approximate surface area is 766 Å². The third-order valence-electron chi connectivity index (χ3n) is 22.1. The van der Waals surface area contributed by atoms with E-state index in [0.717, 1.165) is 80.2 Å². The van der Waals surface area contributed by atoms with Crippen molar-refractivity contribution in [2.75, 3.05) is 41.0 Å². The van der Waals surface area contributed by atoms with E-state index in [4.69, 9.17) is 47.9 Å². The fraction of sp³-hybridized carbons (Fsp3) is 0.516. The highest BCUT2D eigenvalue weighted by molar-refractivity contribution is 5.92. The molecule has 7 amide bonds. The quantitative estimate of drug-likeness (QED) is 0.0248. The van der Waals surface area contributed by atoms with E-state index in [1.807, 2.05) is 92.9 Å². The van der Waals surface area contributed by atoms with Crippen molar-refractivity contribution in [1.29, 1.82) is 0 Å². The van der Waals surface area contributed by atoms with Crippen molar-refractivity contribution in [3.63, 3.8) is 0 Å². The van der Waals surface area contributed by atoms with Crippen LogP contribution in [-0.4, -0.2) is 261 Å². The van der Waals surface area contributed by atoms with Crippen LogP contribution in [0.4, 0.5) is 9.59 Å². The van der Waals surface area contributed by atoms with Gasteiger partial charge in [-0.3, -0.25) is 33.8 Å². The number of nitrogens with zero attached hydrogens (tertiary/aromatic N) is 11. The molecule has 12 atom stereocenters. The van der Waals surface area contributed by atoms with E-state index in [9.17, 15) is 53.7 Å². The van der Waals surface area contributed by atoms with Gasteiger partial charge in [0.15, 0.2) is 47.9 Å². The Morgan fingerprint density at radius 2 is 0.869 bits per heavy atom. The second-order valence-electron chi connectivity index (χ2n) is 35.0. The molecule has 3 aromatic carbocycles. The van der Waals surface area contributed by atoms with Crippen molar-refractivity contribution in [1.82, 2.24) is 80.7 Å². The van der Waals surface area contributed by atoms with Crippen molar-refractivity contribution in [3.05, 3.63) is 128 Å². The average Bonchev–Trinajstić information content (AvgIpc) is 1.18. The van der Waals surface area contributed by atoms with Crippen LogP contribution < -0.4 is 90.9 Å². The molecule has 6 aliphatic rings. The van der Waals surface area contributed by atoms with Crippen LogP contribution in [0, 0.1) is 0 Å². The van der Waals surface area contributed by atoms with Gasteiger partial charge >= 0.3 is 12.2 Å². The van der Waals surface area contributed by atoms with Gasteiger partial charge in [0.05, 0.1) is 75.5 Å². The predicted octanol–water partition coefficient (Wildman–Crippen LogP) is -0.0238. The number of hydrogen-bond donors (Lipinski definition) is 10. The fourth-order valence-corrected chi connectivity index (χ4v) is 15.1. The summed E-state index contributed by atoms with van der Waals surface area (Å²) in [6.45, 7) is 17.4. The zero-order valence-electron chi connectivity index (χ0n) is 75.4. The lowest BCUT2D eigenvalue weighted by Gasteiger charge is -2.29. The van der Waals surface area contributed by atoms with Gasteiger partial charge in [-0.2, -0.15) is 15.3 Å². The number of methoxy groups -OCH3 is 3. The first-order valence-corrected chi connectivity index (χ1v) is 44.0. The zero-order valence-corrected chi connectivity index (χ0v) is 76.9. The summed E-state index contributed by atoms with van der Waals surface area (Å²) in [6, 6.07) is 24.4. The summed E-state index contributed by atoms with van der Waals surface area (Å²) in [5.41, 5.74) is 4.34. The molecule has 3 aliphatic heterocycles. The van der Waals surface area contributed by atoms with Crippen molar-refractivity contribution in [2.45, 2.75) is 261 Å². The van der Waals surface area contributed by atoms with Crippen molar-refractivity contribution in [2.24, 2.45) is 0 Å². The van der Waals surface area contributed by atoms with Gasteiger partial charge in [-0.05, 0) is 148 Å². The van der Waals surface area contributed by atoms with E-state index in [1.165, 1.54) is 9.80 Å². The molecule has 0 unspecified atom stereocenters. The molecular formula is C91H122Cl2N18O19. The number of hydrogen-bond acceptors (Lipinski definition) is 25. The monoisotopic (exact) mass is 1840 g/mol. The molecule has 39 heteroatoms. The summed E-state index contributed by atoms with van der Waals surface area (Å²) >= 11 is 0. The largest absolute Gasteiger partial charge is 1.00 e. The molecule has 15 rings (SSSR count). The van der Waals surface area contributed by atoms with Gasteiger partial charge < -0.3 is 120 Å². The third kappa shape index (κ3) is 27.4. The minimum atomic E-state index is -1.42. The number of benzene rings is 3. The number of ether oxygens (including phenoxy) is 8. The number of aliphatic hydroxyl groups excluding tert-OH is 3. The number of carbonyl (C=O) groups is 8. The van der Waals surface area contributed by atoms with Crippen LogP contribution in [0.25, 0.3) is 50.2 Å². The Morgan fingerprint density at radius 3 is 1.23 bits per heavy atom. The highest BCUT2D eigenvalue weighted by atomic mass is 35.5. The van der Waals surface area contributed by atoms with Crippen molar-refractivity contribution in [3.8, 4) is 52.0 Å². The maximum absolute atomic E-state index is 13.8. The van der Waals surface area contributed by atoms with Gasteiger partial charge in [-0.25, -0.2) is 38.6 Å². The van der Waals surface area contributed by atoms with Crippen LogP contribution in [0.5, 0.6) is 34.5 Å². The highest BCUT2D eigenvalue weighted by Crippen LogP contribution is 2.37. The first-order chi connectivity index (χ1) is 61.3. The van der Waals surface area contributed by atoms with E-state index >= 15 is 0 Å². The molecule has 0 radical (unpaired) electrons. The van der Waals surface area contributed by atoms with E-state index in [-0.39, 0.29) is 92.5 Å². The third-order valence-corrected chi connectivity index (χ3v) is 22.1.